The van der Waals surface area contributed by atoms with Crippen molar-refractivity contribution in [1.29, 1.82) is 0 Å². The Hall–Kier alpha value is -1.02. The molecule has 18 heavy (non-hydrogen) atoms. The number of aryl methyl sites for hydroxylation is 1. The fraction of sp³-hybridized carbons (Fsp3) is 0.625. The summed E-state index contributed by atoms with van der Waals surface area (Å²) in [7, 11) is 0. The molecule has 1 fully saturated rings. The monoisotopic (exact) mass is 247 g/mol. The summed E-state index contributed by atoms with van der Waals surface area (Å²) in [6.45, 7) is 10.0. The van der Waals surface area contributed by atoms with Crippen molar-refractivity contribution < 1.29 is 5.11 Å². The summed E-state index contributed by atoms with van der Waals surface area (Å²) in [5.74, 6) is 1.12. The number of phenols is 1. The van der Waals surface area contributed by atoms with E-state index in [1.54, 1.807) is 0 Å². The van der Waals surface area contributed by atoms with Gasteiger partial charge < -0.3 is 5.11 Å². The van der Waals surface area contributed by atoms with Crippen molar-refractivity contribution in [2.24, 2.45) is 5.92 Å². The van der Waals surface area contributed by atoms with Crippen LogP contribution in [0.1, 0.15) is 50.8 Å². The second kappa shape index (κ2) is 5.31. The van der Waals surface area contributed by atoms with Gasteiger partial charge in [0.15, 0.2) is 0 Å². The SMILES string of the molecule is Cc1ccc(O)c(C(C)N2CCCC2C(C)C)c1. The van der Waals surface area contributed by atoms with Crippen LogP contribution in [-0.4, -0.2) is 22.6 Å². The largest absolute Gasteiger partial charge is 0.508 e. The molecule has 1 N–H and O–H groups in total. The maximum Gasteiger partial charge on any atom is 0.120 e. The minimum atomic E-state index is 0.305. The van der Waals surface area contributed by atoms with E-state index in [1.165, 1.54) is 18.4 Å². The molecule has 0 bridgehead atoms. The Morgan fingerprint density at radius 3 is 2.67 bits per heavy atom. The van der Waals surface area contributed by atoms with Gasteiger partial charge in [-0.15, -0.1) is 0 Å². The summed E-state index contributed by atoms with van der Waals surface area (Å²) in [4.78, 5) is 2.55. The van der Waals surface area contributed by atoms with Gasteiger partial charge in [-0.3, -0.25) is 4.90 Å². The van der Waals surface area contributed by atoms with Crippen LogP contribution in [0.5, 0.6) is 5.75 Å². The summed E-state index contributed by atoms with van der Waals surface area (Å²) >= 11 is 0. The van der Waals surface area contributed by atoms with E-state index in [-0.39, 0.29) is 0 Å². The molecule has 0 saturated carbocycles. The lowest BCUT2D eigenvalue weighted by molar-refractivity contribution is 0.154. The van der Waals surface area contributed by atoms with Crippen LogP contribution in [-0.2, 0) is 0 Å². The number of benzene rings is 1. The van der Waals surface area contributed by atoms with Crippen molar-refractivity contribution >= 4 is 0 Å². The Morgan fingerprint density at radius 1 is 1.28 bits per heavy atom. The Labute approximate surface area is 111 Å². The smallest absolute Gasteiger partial charge is 0.120 e. The van der Waals surface area contributed by atoms with Gasteiger partial charge in [-0.1, -0.05) is 31.5 Å². The quantitative estimate of drug-likeness (QED) is 0.876. The molecule has 2 heteroatoms. The van der Waals surface area contributed by atoms with Gasteiger partial charge in [-0.2, -0.15) is 0 Å². The second-order valence-electron chi connectivity index (χ2n) is 5.93. The van der Waals surface area contributed by atoms with Crippen molar-refractivity contribution in [1.82, 2.24) is 4.90 Å². The molecule has 1 aromatic rings. The molecule has 2 atom stereocenters. The number of likely N-dealkylation sites (tertiary alicyclic amines) is 1. The average molecular weight is 247 g/mol. The molecule has 1 aliphatic heterocycles. The van der Waals surface area contributed by atoms with Crippen LogP contribution in [0, 0.1) is 12.8 Å². The molecule has 0 radical (unpaired) electrons. The van der Waals surface area contributed by atoms with E-state index in [9.17, 15) is 5.11 Å². The third kappa shape index (κ3) is 2.54. The molecule has 0 spiro atoms. The van der Waals surface area contributed by atoms with Crippen LogP contribution in [0.4, 0.5) is 0 Å². The number of hydrogen-bond acceptors (Lipinski definition) is 2. The summed E-state index contributed by atoms with van der Waals surface area (Å²) in [6, 6.07) is 6.87. The topological polar surface area (TPSA) is 23.5 Å². The molecule has 2 rings (SSSR count). The Bertz CT molecular complexity index is 414. The fourth-order valence-electron chi connectivity index (χ4n) is 3.20. The highest BCUT2D eigenvalue weighted by atomic mass is 16.3. The minimum Gasteiger partial charge on any atom is -0.508 e. The van der Waals surface area contributed by atoms with E-state index in [0.717, 1.165) is 12.1 Å². The molecule has 1 heterocycles. The lowest BCUT2D eigenvalue weighted by Crippen LogP contribution is -2.35. The van der Waals surface area contributed by atoms with Gasteiger partial charge in [0.05, 0.1) is 0 Å². The average Bonchev–Trinajstić information content (AvgIpc) is 2.80. The zero-order valence-corrected chi connectivity index (χ0v) is 12.0. The van der Waals surface area contributed by atoms with Crippen molar-refractivity contribution in [2.75, 3.05) is 6.54 Å². The lowest BCUT2D eigenvalue weighted by Gasteiger charge is -2.33. The number of hydrogen-bond donors (Lipinski definition) is 1. The van der Waals surface area contributed by atoms with E-state index in [0.29, 0.717) is 23.8 Å². The Morgan fingerprint density at radius 2 is 2.00 bits per heavy atom. The van der Waals surface area contributed by atoms with Gasteiger partial charge >= 0.3 is 0 Å². The summed E-state index contributed by atoms with van der Waals surface area (Å²) in [6.07, 6.45) is 2.56. The molecule has 0 aliphatic carbocycles. The number of rotatable bonds is 3. The first-order chi connectivity index (χ1) is 8.50. The van der Waals surface area contributed by atoms with Crippen LogP contribution in [0.15, 0.2) is 18.2 Å². The van der Waals surface area contributed by atoms with Crippen LogP contribution >= 0.6 is 0 Å². The van der Waals surface area contributed by atoms with Crippen molar-refractivity contribution in [3.63, 3.8) is 0 Å². The van der Waals surface area contributed by atoms with Gasteiger partial charge in [0.25, 0.3) is 0 Å². The standard InChI is InChI=1S/C16H25NO/c1-11(2)15-6-5-9-17(15)13(4)14-10-12(3)7-8-16(14)18/h7-8,10-11,13,15,18H,5-6,9H2,1-4H3. The number of phenolic OH excluding ortho intramolecular Hbond substituents is 1. The van der Waals surface area contributed by atoms with Crippen molar-refractivity contribution in [3.8, 4) is 5.75 Å². The minimum absolute atomic E-state index is 0.305. The van der Waals surface area contributed by atoms with Gasteiger partial charge in [0, 0.05) is 17.6 Å². The van der Waals surface area contributed by atoms with Crippen LogP contribution in [0.2, 0.25) is 0 Å². The van der Waals surface area contributed by atoms with E-state index >= 15 is 0 Å². The fourth-order valence-corrected chi connectivity index (χ4v) is 3.20. The highest BCUT2D eigenvalue weighted by molar-refractivity contribution is 5.38. The van der Waals surface area contributed by atoms with Gasteiger partial charge in [0.2, 0.25) is 0 Å². The van der Waals surface area contributed by atoms with Crippen molar-refractivity contribution in [2.45, 2.75) is 52.6 Å². The molecule has 1 aromatic carbocycles. The molecule has 0 aromatic heterocycles. The molecular formula is C16H25NO. The Balaban J connectivity index is 2.25. The molecule has 0 amide bonds. The third-order valence-corrected chi connectivity index (χ3v) is 4.24. The highest BCUT2D eigenvalue weighted by Gasteiger charge is 2.31. The Kier molecular flexibility index (Phi) is 3.96. The zero-order valence-electron chi connectivity index (χ0n) is 12.0. The lowest BCUT2D eigenvalue weighted by atomic mass is 9.98. The summed E-state index contributed by atoms with van der Waals surface area (Å²) in [5, 5.41) is 10.1. The van der Waals surface area contributed by atoms with E-state index in [2.05, 4.69) is 38.7 Å². The zero-order chi connectivity index (χ0) is 13.3. The first-order valence-electron chi connectivity index (χ1n) is 7.06. The van der Waals surface area contributed by atoms with E-state index < -0.39 is 0 Å². The van der Waals surface area contributed by atoms with Gasteiger partial charge in [-0.05, 0) is 45.2 Å². The first kappa shape index (κ1) is 13.4. The predicted octanol–water partition coefficient (Wildman–Crippen LogP) is 3.88. The molecule has 1 aliphatic rings. The maximum atomic E-state index is 10.1. The van der Waals surface area contributed by atoms with E-state index in [4.69, 9.17) is 0 Å². The van der Waals surface area contributed by atoms with Crippen LogP contribution < -0.4 is 0 Å². The number of nitrogens with zero attached hydrogens (tertiary/aromatic N) is 1. The summed E-state index contributed by atoms with van der Waals surface area (Å²) < 4.78 is 0. The van der Waals surface area contributed by atoms with Gasteiger partial charge in [-0.25, -0.2) is 0 Å². The molecule has 1 saturated heterocycles. The van der Waals surface area contributed by atoms with Gasteiger partial charge in [0.1, 0.15) is 5.75 Å². The second-order valence-corrected chi connectivity index (χ2v) is 5.93. The molecule has 2 nitrogen and oxygen atoms in total. The molecule has 100 valence electrons. The normalized spacial score (nSPS) is 22.6. The summed E-state index contributed by atoms with van der Waals surface area (Å²) in [5.41, 5.74) is 2.29. The maximum absolute atomic E-state index is 10.1. The van der Waals surface area contributed by atoms with Crippen LogP contribution in [0.25, 0.3) is 0 Å². The first-order valence-corrected chi connectivity index (χ1v) is 7.06. The predicted molar refractivity (Wildman–Crippen MR) is 75.8 cm³/mol. The third-order valence-electron chi connectivity index (χ3n) is 4.24. The number of aromatic hydroxyl groups is 1. The van der Waals surface area contributed by atoms with Crippen molar-refractivity contribution in [3.05, 3.63) is 29.3 Å². The van der Waals surface area contributed by atoms with E-state index in [1.807, 2.05) is 12.1 Å². The van der Waals surface area contributed by atoms with Crippen LogP contribution in [0.3, 0.4) is 0 Å². The molecule has 2 unspecified atom stereocenters. The highest BCUT2D eigenvalue weighted by Crippen LogP contribution is 2.36. The molecular weight excluding hydrogens is 222 g/mol.